The third-order valence-corrected chi connectivity index (χ3v) is 2.70. The van der Waals surface area contributed by atoms with E-state index in [1.165, 1.54) is 43.4 Å². The van der Waals surface area contributed by atoms with Crippen LogP contribution in [0, 0.1) is 5.92 Å². The first-order chi connectivity index (χ1) is 5.12. The molecule has 0 aromatic heterocycles. The molecule has 0 atom stereocenters. The lowest BCUT2D eigenvalue weighted by molar-refractivity contribution is -0.916. The molecule has 1 fully saturated rings. The molecule has 0 aliphatic carbocycles. The van der Waals surface area contributed by atoms with Crippen LogP contribution in [0.4, 0.5) is 0 Å². The van der Waals surface area contributed by atoms with E-state index >= 15 is 0 Å². The highest BCUT2D eigenvalue weighted by atomic mass is 79.9. The van der Waals surface area contributed by atoms with Gasteiger partial charge in [0.25, 0.3) is 0 Å². The molecule has 74 valence electrons. The van der Waals surface area contributed by atoms with Crippen LogP contribution in [0.1, 0.15) is 33.1 Å². The summed E-state index contributed by atoms with van der Waals surface area (Å²) in [5.41, 5.74) is 0. The SMILES string of the molecule is CC(C)C[N+]1(C)CCCCC1.[Br-]. The highest BCUT2D eigenvalue weighted by molar-refractivity contribution is 4.53. The molecule has 0 aromatic carbocycles. The fraction of sp³-hybridized carbons (Fsp3) is 1.00. The molecule has 2 heteroatoms. The van der Waals surface area contributed by atoms with Crippen LogP contribution in [-0.4, -0.2) is 31.2 Å². The summed E-state index contributed by atoms with van der Waals surface area (Å²) in [4.78, 5) is 0. The van der Waals surface area contributed by atoms with Crippen molar-refractivity contribution in [1.29, 1.82) is 0 Å². The Morgan fingerprint density at radius 2 is 1.58 bits per heavy atom. The Balaban J connectivity index is 0.00000121. The first-order valence-electron chi connectivity index (χ1n) is 4.96. The topological polar surface area (TPSA) is 0 Å². The van der Waals surface area contributed by atoms with E-state index in [9.17, 15) is 0 Å². The van der Waals surface area contributed by atoms with Crippen molar-refractivity contribution in [1.82, 2.24) is 0 Å². The summed E-state index contributed by atoms with van der Waals surface area (Å²) < 4.78 is 1.33. The Bertz CT molecular complexity index is 117. The second kappa shape index (κ2) is 5.23. The van der Waals surface area contributed by atoms with Crippen molar-refractivity contribution in [2.75, 3.05) is 26.7 Å². The molecule has 0 bridgehead atoms. The molecule has 0 spiro atoms. The Kier molecular flexibility index (Phi) is 5.42. The number of likely N-dealkylation sites (tertiary alicyclic amines) is 1. The van der Waals surface area contributed by atoms with Crippen LogP contribution in [0.25, 0.3) is 0 Å². The number of rotatable bonds is 2. The number of hydrogen-bond donors (Lipinski definition) is 0. The summed E-state index contributed by atoms with van der Waals surface area (Å²) in [6, 6.07) is 0. The number of hydrogen-bond acceptors (Lipinski definition) is 0. The van der Waals surface area contributed by atoms with Crippen LogP contribution in [-0.2, 0) is 0 Å². The molecule has 1 rings (SSSR count). The van der Waals surface area contributed by atoms with E-state index in [0.29, 0.717) is 0 Å². The monoisotopic (exact) mass is 235 g/mol. The van der Waals surface area contributed by atoms with Crippen LogP contribution in [0.15, 0.2) is 0 Å². The van der Waals surface area contributed by atoms with Gasteiger partial charge in [-0.1, -0.05) is 13.8 Å². The highest BCUT2D eigenvalue weighted by Gasteiger charge is 2.24. The van der Waals surface area contributed by atoms with E-state index in [-0.39, 0.29) is 17.0 Å². The lowest BCUT2D eigenvalue weighted by Gasteiger charge is -2.39. The van der Waals surface area contributed by atoms with E-state index < -0.39 is 0 Å². The van der Waals surface area contributed by atoms with Crippen molar-refractivity contribution in [2.24, 2.45) is 5.92 Å². The molecule has 0 unspecified atom stereocenters. The van der Waals surface area contributed by atoms with E-state index in [0.717, 1.165) is 5.92 Å². The van der Waals surface area contributed by atoms with Crippen molar-refractivity contribution >= 4 is 0 Å². The average molecular weight is 236 g/mol. The largest absolute Gasteiger partial charge is 1.00 e. The molecule has 0 saturated carbocycles. The number of halogens is 1. The standard InChI is InChI=1S/C10H22N.BrH/c1-10(2)9-11(3)7-5-4-6-8-11;/h10H,4-9H2,1-3H3;1H/q+1;/p-1. The lowest BCUT2D eigenvalue weighted by atomic mass is 10.1. The minimum Gasteiger partial charge on any atom is -1.00 e. The fourth-order valence-corrected chi connectivity index (χ4v) is 2.34. The number of piperidine rings is 1. The number of nitrogens with zero attached hydrogens (tertiary/aromatic N) is 1. The molecular formula is C10H22BrN. The zero-order valence-electron chi connectivity index (χ0n) is 8.65. The molecule has 12 heavy (non-hydrogen) atoms. The van der Waals surface area contributed by atoms with Crippen LogP contribution in [0.2, 0.25) is 0 Å². The minimum atomic E-state index is 0. The van der Waals surface area contributed by atoms with Crippen molar-refractivity contribution in [3.63, 3.8) is 0 Å². The molecule has 0 amide bonds. The van der Waals surface area contributed by atoms with E-state index in [4.69, 9.17) is 0 Å². The van der Waals surface area contributed by atoms with Gasteiger partial charge in [-0.2, -0.15) is 0 Å². The predicted octanol–water partition coefficient (Wildman–Crippen LogP) is -0.723. The zero-order chi connectivity index (χ0) is 8.32. The molecule has 1 saturated heterocycles. The van der Waals surface area contributed by atoms with Crippen LogP contribution in [0.3, 0.4) is 0 Å². The maximum atomic E-state index is 2.42. The van der Waals surface area contributed by atoms with Gasteiger partial charge in [0.15, 0.2) is 0 Å². The lowest BCUT2D eigenvalue weighted by Crippen LogP contribution is -3.00. The van der Waals surface area contributed by atoms with Crippen molar-refractivity contribution in [3.8, 4) is 0 Å². The Hall–Kier alpha value is 0.440. The summed E-state index contributed by atoms with van der Waals surface area (Å²) in [5, 5.41) is 0. The van der Waals surface area contributed by atoms with Gasteiger partial charge in [-0.15, -0.1) is 0 Å². The van der Waals surface area contributed by atoms with Gasteiger partial charge in [-0.05, 0) is 19.3 Å². The van der Waals surface area contributed by atoms with E-state index in [1.54, 1.807) is 0 Å². The third kappa shape index (κ3) is 3.90. The Morgan fingerprint density at radius 3 is 2.00 bits per heavy atom. The summed E-state index contributed by atoms with van der Waals surface area (Å²) in [7, 11) is 2.42. The van der Waals surface area contributed by atoms with Crippen LogP contribution < -0.4 is 17.0 Å². The quantitative estimate of drug-likeness (QED) is 0.555. The van der Waals surface area contributed by atoms with Crippen LogP contribution in [0.5, 0.6) is 0 Å². The molecule has 1 aliphatic rings. The molecule has 0 N–H and O–H groups in total. The molecule has 1 aliphatic heterocycles. The highest BCUT2D eigenvalue weighted by Crippen LogP contribution is 2.17. The number of quaternary nitrogens is 1. The predicted molar refractivity (Wildman–Crippen MR) is 49.5 cm³/mol. The summed E-state index contributed by atoms with van der Waals surface area (Å²) in [6.07, 6.45) is 4.36. The normalized spacial score (nSPS) is 22.0. The van der Waals surface area contributed by atoms with Gasteiger partial charge in [0.1, 0.15) is 0 Å². The van der Waals surface area contributed by atoms with Gasteiger partial charge < -0.3 is 21.5 Å². The average Bonchev–Trinajstić information content (AvgIpc) is 1.85. The zero-order valence-corrected chi connectivity index (χ0v) is 10.2. The summed E-state index contributed by atoms with van der Waals surface area (Å²) in [6.45, 7) is 8.87. The fourth-order valence-electron chi connectivity index (χ4n) is 2.34. The van der Waals surface area contributed by atoms with E-state index in [2.05, 4.69) is 20.9 Å². The van der Waals surface area contributed by atoms with Gasteiger partial charge in [0.05, 0.1) is 26.7 Å². The third-order valence-electron chi connectivity index (χ3n) is 2.70. The van der Waals surface area contributed by atoms with Gasteiger partial charge in [-0.3, -0.25) is 0 Å². The van der Waals surface area contributed by atoms with Crippen molar-refractivity contribution in [2.45, 2.75) is 33.1 Å². The maximum Gasteiger partial charge on any atom is 0.0807 e. The molecular weight excluding hydrogens is 214 g/mol. The van der Waals surface area contributed by atoms with Gasteiger partial charge >= 0.3 is 0 Å². The maximum absolute atomic E-state index is 2.42. The molecule has 1 heterocycles. The first-order valence-corrected chi connectivity index (χ1v) is 4.96. The minimum absolute atomic E-state index is 0. The second-order valence-electron chi connectivity index (χ2n) is 4.70. The van der Waals surface area contributed by atoms with Crippen molar-refractivity contribution in [3.05, 3.63) is 0 Å². The summed E-state index contributed by atoms with van der Waals surface area (Å²) >= 11 is 0. The Morgan fingerprint density at radius 1 is 1.08 bits per heavy atom. The van der Waals surface area contributed by atoms with Gasteiger partial charge in [0, 0.05) is 5.92 Å². The smallest absolute Gasteiger partial charge is 0.0807 e. The van der Waals surface area contributed by atoms with Crippen molar-refractivity contribution < 1.29 is 21.5 Å². The molecule has 1 nitrogen and oxygen atoms in total. The van der Waals surface area contributed by atoms with Gasteiger partial charge in [-0.25, -0.2) is 0 Å². The first kappa shape index (κ1) is 12.4. The molecule has 0 radical (unpaired) electrons. The van der Waals surface area contributed by atoms with Crippen LogP contribution >= 0.6 is 0 Å². The Labute approximate surface area is 87.5 Å². The van der Waals surface area contributed by atoms with E-state index in [1.807, 2.05) is 0 Å². The van der Waals surface area contributed by atoms with Gasteiger partial charge in [0.2, 0.25) is 0 Å². The second-order valence-corrected chi connectivity index (χ2v) is 4.70. The summed E-state index contributed by atoms with van der Waals surface area (Å²) in [5.74, 6) is 0.859. The molecule has 0 aromatic rings.